The van der Waals surface area contributed by atoms with Crippen LogP contribution in [-0.4, -0.2) is 28.7 Å². The predicted molar refractivity (Wildman–Crippen MR) is 268 cm³/mol. The Kier molecular flexibility index (Phi) is 9.73. The highest BCUT2D eigenvalue weighted by atomic mass is 15.0. The van der Waals surface area contributed by atoms with Gasteiger partial charge < -0.3 is 0 Å². The highest BCUT2D eigenvalue weighted by Gasteiger charge is 2.19. The van der Waals surface area contributed by atoms with E-state index in [1.54, 1.807) is 0 Å². The maximum absolute atomic E-state index is 5.36. The van der Waals surface area contributed by atoms with Crippen molar-refractivity contribution in [2.24, 2.45) is 0 Å². The zero-order valence-electron chi connectivity index (χ0n) is 35.8. The van der Waals surface area contributed by atoms with Crippen LogP contribution < -0.4 is 0 Å². The molecular weight excluding hydrogens is 805 g/mol. The monoisotopic (exact) mass is 844 g/mol. The zero-order chi connectivity index (χ0) is 43.8. The molecule has 0 bridgehead atoms. The Morgan fingerprint density at radius 1 is 0.242 bits per heavy atom. The minimum atomic E-state index is 0.643. The third-order valence-corrected chi connectivity index (χ3v) is 12.2. The van der Waals surface area contributed by atoms with E-state index < -0.39 is 0 Å². The zero-order valence-corrected chi connectivity index (χ0v) is 35.8. The van der Waals surface area contributed by atoms with Gasteiger partial charge in [-0.05, 0) is 70.8 Å². The molecule has 5 heterocycles. The summed E-state index contributed by atoms with van der Waals surface area (Å²) in [5.41, 5.74) is 19.0. The van der Waals surface area contributed by atoms with Gasteiger partial charge in [0.2, 0.25) is 0 Å². The Balaban J connectivity index is 1.000. The lowest BCUT2D eigenvalue weighted by Crippen LogP contribution is -1.97. The van der Waals surface area contributed by atoms with Crippen LogP contribution >= 0.6 is 0 Å². The van der Waals surface area contributed by atoms with Crippen molar-refractivity contribution in [1.29, 1.82) is 0 Å². The summed E-state index contributed by atoms with van der Waals surface area (Å²) < 4.78 is 4.33. The number of hydrogen-bond acceptors (Lipinski definition) is 4. The molecule has 6 heteroatoms. The summed E-state index contributed by atoms with van der Waals surface area (Å²) in [6.45, 7) is 0. The summed E-state index contributed by atoms with van der Waals surface area (Å²) in [7, 11) is 0. The van der Waals surface area contributed by atoms with Crippen molar-refractivity contribution in [3.05, 3.63) is 243 Å². The first-order valence-electron chi connectivity index (χ1n) is 22.1. The van der Waals surface area contributed by atoms with Gasteiger partial charge in [0.25, 0.3) is 0 Å². The van der Waals surface area contributed by atoms with Crippen LogP contribution in [0, 0.1) is 0 Å². The molecule has 0 saturated heterocycles. The molecule has 0 aliphatic heterocycles. The van der Waals surface area contributed by atoms with E-state index in [1.165, 1.54) is 0 Å². The van der Waals surface area contributed by atoms with E-state index in [1.807, 2.05) is 36.4 Å². The molecule has 0 amide bonds. The summed E-state index contributed by atoms with van der Waals surface area (Å²) in [4.78, 5) is 21.0. The van der Waals surface area contributed by atoms with E-state index in [0.29, 0.717) is 5.82 Å². The second kappa shape index (κ2) is 16.6. The van der Waals surface area contributed by atoms with Gasteiger partial charge in [-0.3, -0.25) is 8.80 Å². The molecule has 0 spiro atoms. The van der Waals surface area contributed by atoms with Crippen LogP contribution in [0.4, 0.5) is 0 Å². The Hall–Kier alpha value is -9.00. The highest BCUT2D eigenvalue weighted by molar-refractivity contribution is 5.86. The van der Waals surface area contributed by atoms with Crippen molar-refractivity contribution < 1.29 is 0 Å². The van der Waals surface area contributed by atoms with Crippen molar-refractivity contribution >= 4 is 11.3 Å². The van der Waals surface area contributed by atoms with Gasteiger partial charge in [-0.2, -0.15) is 0 Å². The standard InChI is InChI=1S/C60H40N6/c1-5-17-41(18-6-1)49-37-50(42-19-7-2-8-20-42)39-51(38-49)60-61-52(43-27-31-45(32-28-43)56-58(47-21-9-3-10-22-47)65-35-15-13-25-54(65)63-56)40-53(62-60)44-29-33-46(34-30-44)57-59(48-23-11-4-12-24-48)66-36-16-14-26-55(66)64-57/h1-40H. The molecular formula is C60H40N6. The van der Waals surface area contributed by atoms with Crippen molar-refractivity contribution in [1.82, 2.24) is 28.7 Å². The van der Waals surface area contributed by atoms with Crippen LogP contribution in [0.3, 0.4) is 0 Å². The third-order valence-electron chi connectivity index (χ3n) is 12.2. The predicted octanol–water partition coefficient (Wildman–Crippen LogP) is 14.8. The number of rotatable bonds is 9. The smallest absolute Gasteiger partial charge is 0.160 e. The fourth-order valence-electron chi connectivity index (χ4n) is 8.96. The molecule has 66 heavy (non-hydrogen) atoms. The Morgan fingerprint density at radius 2 is 0.591 bits per heavy atom. The van der Waals surface area contributed by atoms with Gasteiger partial charge in [-0.15, -0.1) is 0 Å². The molecule has 7 aromatic carbocycles. The molecule has 0 unspecified atom stereocenters. The topological polar surface area (TPSA) is 60.4 Å². The summed E-state index contributed by atoms with van der Waals surface area (Å²) in [5.74, 6) is 0.643. The molecule has 0 atom stereocenters. The van der Waals surface area contributed by atoms with Crippen LogP contribution in [0.2, 0.25) is 0 Å². The fraction of sp³-hybridized carbons (Fsp3) is 0. The highest BCUT2D eigenvalue weighted by Crippen LogP contribution is 2.38. The molecule has 5 aromatic heterocycles. The summed E-state index contributed by atoms with van der Waals surface area (Å²) in [6, 6.07) is 80.2. The lowest BCUT2D eigenvalue weighted by molar-refractivity contribution is 1.18. The van der Waals surface area contributed by atoms with Crippen molar-refractivity contribution in [3.8, 4) is 101 Å². The molecule has 12 rings (SSSR count). The van der Waals surface area contributed by atoms with Crippen LogP contribution in [0.15, 0.2) is 243 Å². The SMILES string of the molecule is c1ccc(-c2cc(-c3ccccc3)cc(-c3nc(-c4ccc(-c5nc6ccccn6c5-c5ccccc5)cc4)cc(-c4ccc(-c5nc6ccccn6c5-c5ccccc5)cc4)n3)c2)cc1. The lowest BCUT2D eigenvalue weighted by Gasteiger charge is -2.13. The Labute approximate surface area is 382 Å². The number of hydrogen-bond donors (Lipinski definition) is 0. The third kappa shape index (κ3) is 7.22. The molecule has 0 aliphatic rings. The van der Waals surface area contributed by atoms with E-state index in [2.05, 4.69) is 215 Å². The van der Waals surface area contributed by atoms with E-state index in [-0.39, 0.29) is 0 Å². The van der Waals surface area contributed by atoms with E-state index in [0.717, 1.165) is 107 Å². The van der Waals surface area contributed by atoms with Crippen LogP contribution in [0.5, 0.6) is 0 Å². The number of imidazole rings is 2. The van der Waals surface area contributed by atoms with Gasteiger partial charge in [0.1, 0.15) is 11.3 Å². The van der Waals surface area contributed by atoms with Crippen molar-refractivity contribution in [2.75, 3.05) is 0 Å². The van der Waals surface area contributed by atoms with E-state index in [4.69, 9.17) is 19.9 Å². The average Bonchev–Trinajstić information content (AvgIpc) is 3.99. The van der Waals surface area contributed by atoms with Crippen LogP contribution in [-0.2, 0) is 0 Å². The first-order chi connectivity index (χ1) is 32.7. The number of nitrogens with zero attached hydrogens (tertiary/aromatic N) is 6. The minimum Gasteiger partial charge on any atom is -0.299 e. The normalized spacial score (nSPS) is 11.3. The first kappa shape index (κ1) is 38.7. The summed E-state index contributed by atoms with van der Waals surface area (Å²) in [5, 5.41) is 0. The molecule has 0 aliphatic carbocycles. The molecule has 0 fully saturated rings. The molecule has 310 valence electrons. The van der Waals surface area contributed by atoms with Gasteiger partial charge in [0.15, 0.2) is 5.82 Å². The van der Waals surface area contributed by atoms with Gasteiger partial charge in [0, 0.05) is 51.3 Å². The second-order valence-electron chi connectivity index (χ2n) is 16.4. The van der Waals surface area contributed by atoms with Crippen molar-refractivity contribution in [3.63, 3.8) is 0 Å². The van der Waals surface area contributed by atoms with Gasteiger partial charge in [-0.1, -0.05) is 182 Å². The van der Waals surface area contributed by atoms with E-state index >= 15 is 0 Å². The number of pyridine rings is 2. The second-order valence-corrected chi connectivity index (χ2v) is 16.4. The van der Waals surface area contributed by atoms with Gasteiger partial charge >= 0.3 is 0 Å². The number of aromatic nitrogens is 6. The first-order valence-corrected chi connectivity index (χ1v) is 22.1. The maximum atomic E-state index is 5.36. The average molecular weight is 845 g/mol. The number of benzene rings is 7. The lowest BCUT2D eigenvalue weighted by atomic mass is 9.95. The van der Waals surface area contributed by atoms with E-state index in [9.17, 15) is 0 Å². The quantitative estimate of drug-likeness (QED) is 0.145. The summed E-state index contributed by atoms with van der Waals surface area (Å²) >= 11 is 0. The van der Waals surface area contributed by atoms with Crippen LogP contribution in [0.1, 0.15) is 0 Å². The van der Waals surface area contributed by atoms with Crippen molar-refractivity contribution in [2.45, 2.75) is 0 Å². The molecule has 0 N–H and O–H groups in total. The molecule has 6 nitrogen and oxygen atoms in total. The molecule has 0 saturated carbocycles. The largest absolute Gasteiger partial charge is 0.299 e. The van der Waals surface area contributed by atoms with Gasteiger partial charge in [-0.25, -0.2) is 19.9 Å². The fourth-order valence-corrected chi connectivity index (χ4v) is 8.96. The Bertz CT molecular complexity index is 3420. The molecule has 0 radical (unpaired) electrons. The minimum absolute atomic E-state index is 0.643. The summed E-state index contributed by atoms with van der Waals surface area (Å²) in [6.07, 6.45) is 4.16. The van der Waals surface area contributed by atoms with Crippen LogP contribution in [0.25, 0.3) is 112 Å². The Morgan fingerprint density at radius 3 is 1.00 bits per heavy atom. The van der Waals surface area contributed by atoms with Gasteiger partial charge in [0.05, 0.1) is 34.2 Å². The number of fused-ring (bicyclic) bond motifs is 2. The maximum Gasteiger partial charge on any atom is 0.160 e. The molecule has 12 aromatic rings.